The molecule has 208 valence electrons. The fourth-order valence-electron chi connectivity index (χ4n) is 4.35. The third-order valence-corrected chi connectivity index (χ3v) is 6.70. The second kappa shape index (κ2) is 13.3. The van der Waals surface area contributed by atoms with E-state index in [-0.39, 0.29) is 24.2 Å². The Morgan fingerprint density at radius 3 is 2.00 bits per heavy atom. The van der Waals surface area contributed by atoms with Gasteiger partial charge in [0.25, 0.3) is 5.69 Å². The van der Waals surface area contributed by atoms with E-state index in [0.29, 0.717) is 49.7 Å². The van der Waals surface area contributed by atoms with Gasteiger partial charge in [-0.25, -0.2) is 4.79 Å². The number of azo groups is 1. The molecular formula is C29H32N6O5. The highest BCUT2D eigenvalue weighted by molar-refractivity contribution is 5.94. The predicted octanol–water partition coefficient (Wildman–Crippen LogP) is 6.00. The number of nitrogens with zero attached hydrogens (tertiary/aromatic N) is 6. The number of benzene rings is 3. The van der Waals surface area contributed by atoms with E-state index in [4.69, 9.17) is 4.74 Å². The first-order chi connectivity index (χ1) is 19.3. The van der Waals surface area contributed by atoms with Crippen LogP contribution in [-0.2, 0) is 4.74 Å². The molecule has 0 saturated carbocycles. The Balaban J connectivity index is 1.21. The smallest absolute Gasteiger partial charge is 0.409 e. The maximum absolute atomic E-state index is 12.6. The van der Waals surface area contributed by atoms with E-state index in [1.165, 1.54) is 12.1 Å². The number of amides is 1. The summed E-state index contributed by atoms with van der Waals surface area (Å²) >= 11 is 0. The zero-order valence-electron chi connectivity index (χ0n) is 22.6. The van der Waals surface area contributed by atoms with Crippen LogP contribution in [0.15, 0.2) is 83.0 Å². The minimum atomic E-state index is -0.457. The van der Waals surface area contributed by atoms with Crippen molar-refractivity contribution in [1.82, 2.24) is 4.90 Å². The molecule has 3 aromatic carbocycles. The van der Waals surface area contributed by atoms with Crippen LogP contribution < -0.4 is 9.80 Å². The first-order valence-electron chi connectivity index (χ1n) is 13.1. The van der Waals surface area contributed by atoms with Crippen molar-refractivity contribution in [2.75, 3.05) is 55.7 Å². The first-order valence-corrected chi connectivity index (χ1v) is 13.1. The van der Waals surface area contributed by atoms with E-state index < -0.39 is 4.92 Å². The molecule has 0 N–H and O–H groups in total. The zero-order valence-corrected chi connectivity index (χ0v) is 22.6. The minimum Gasteiger partial charge on any atom is -0.448 e. The normalized spacial score (nSPS) is 13.3. The quantitative estimate of drug-likeness (QED) is 0.133. The lowest BCUT2D eigenvalue weighted by molar-refractivity contribution is -0.384. The van der Waals surface area contributed by atoms with Gasteiger partial charge in [0.15, 0.2) is 5.78 Å². The van der Waals surface area contributed by atoms with Gasteiger partial charge >= 0.3 is 6.09 Å². The summed E-state index contributed by atoms with van der Waals surface area (Å²) in [5.74, 6) is 0.0427. The summed E-state index contributed by atoms with van der Waals surface area (Å²) < 4.78 is 5.57. The molecule has 3 aromatic rings. The molecule has 1 aliphatic rings. The lowest BCUT2D eigenvalue weighted by Gasteiger charge is -2.35. The minimum absolute atomic E-state index is 0.00478. The predicted molar refractivity (Wildman–Crippen MR) is 153 cm³/mol. The van der Waals surface area contributed by atoms with Gasteiger partial charge in [-0.3, -0.25) is 14.9 Å². The van der Waals surface area contributed by atoms with Gasteiger partial charge in [0, 0.05) is 61.8 Å². The highest BCUT2D eigenvalue weighted by atomic mass is 16.6. The molecule has 0 aromatic heterocycles. The molecule has 40 heavy (non-hydrogen) atoms. The molecule has 11 heteroatoms. The fraction of sp³-hybridized carbons (Fsp3) is 0.310. The standard InChI is InChI=1S/C29H32N6O5/c1-3-32(26-12-6-24(7-13-26)30-31-25-8-14-28(15-9-25)35(38)39)20-21-40-29(37)34-18-16-33(17-19-34)27-10-4-23(5-11-27)22(2)36/h4-15H,3,16-21H2,1-2H3. The molecule has 11 nitrogen and oxygen atoms in total. The highest BCUT2D eigenvalue weighted by Crippen LogP contribution is 2.24. The van der Waals surface area contributed by atoms with Gasteiger partial charge in [0.1, 0.15) is 6.61 Å². The number of ether oxygens (including phenoxy) is 1. The summed E-state index contributed by atoms with van der Waals surface area (Å²) in [5, 5.41) is 19.1. The average Bonchev–Trinajstić information content (AvgIpc) is 2.99. The van der Waals surface area contributed by atoms with E-state index >= 15 is 0 Å². The molecule has 0 bridgehead atoms. The summed E-state index contributed by atoms with van der Waals surface area (Å²) in [6.45, 7) is 7.68. The van der Waals surface area contributed by atoms with Gasteiger partial charge in [0.05, 0.1) is 22.8 Å². The number of nitro groups is 1. The van der Waals surface area contributed by atoms with Crippen molar-refractivity contribution in [2.24, 2.45) is 10.2 Å². The third kappa shape index (κ3) is 7.40. The molecule has 1 amide bonds. The number of carbonyl (C=O) groups is 2. The largest absolute Gasteiger partial charge is 0.448 e. The Morgan fingerprint density at radius 2 is 1.48 bits per heavy atom. The number of Topliss-reactive ketones (excluding diaryl/α,β-unsaturated/α-hetero) is 1. The van der Waals surface area contributed by atoms with Crippen LogP contribution in [0.25, 0.3) is 0 Å². The molecular weight excluding hydrogens is 512 g/mol. The summed E-state index contributed by atoms with van der Waals surface area (Å²) in [5.41, 5.74) is 3.88. The molecule has 0 radical (unpaired) electrons. The molecule has 0 atom stereocenters. The molecule has 0 unspecified atom stereocenters. The van der Waals surface area contributed by atoms with Gasteiger partial charge in [-0.05, 0) is 74.5 Å². The van der Waals surface area contributed by atoms with E-state index in [9.17, 15) is 19.7 Å². The number of hydrogen-bond acceptors (Lipinski definition) is 9. The van der Waals surface area contributed by atoms with Crippen LogP contribution in [0.4, 0.5) is 33.2 Å². The van der Waals surface area contributed by atoms with Crippen molar-refractivity contribution in [3.8, 4) is 0 Å². The Bertz CT molecular complexity index is 1330. The van der Waals surface area contributed by atoms with Crippen molar-refractivity contribution in [1.29, 1.82) is 0 Å². The Morgan fingerprint density at radius 1 is 0.900 bits per heavy atom. The highest BCUT2D eigenvalue weighted by Gasteiger charge is 2.22. The van der Waals surface area contributed by atoms with Crippen molar-refractivity contribution >= 4 is 40.3 Å². The van der Waals surface area contributed by atoms with Gasteiger partial charge in [-0.15, -0.1) is 0 Å². The number of non-ortho nitro benzene ring substituents is 1. The molecule has 1 saturated heterocycles. The summed E-state index contributed by atoms with van der Waals surface area (Å²) in [4.78, 5) is 40.4. The van der Waals surface area contributed by atoms with Crippen LogP contribution >= 0.6 is 0 Å². The number of ketones is 1. The van der Waals surface area contributed by atoms with Crippen molar-refractivity contribution in [3.63, 3.8) is 0 Å². The van der Waals surface area contributed by atoms with Crippen LogP contribution in [0.3, 0.4) is 0 Å². The zero-order chi connectivity index (χ0) is 28.5. The molecule has 1 aliphatic heterocycles. The molecule has 1 fully saturated rings. The van der Waals surface area contributed by atoms with E-state index in [2.05, 4.69) is 20.0 Å². The third-order valence-electron chi connectivity index (χ3n) is 6.70. The van der Waals surface area contributed by atoms with Crippen LogP contribution in [-0.4, -0.2) is 67.6 Å². The van der Waals surface area contributed by atoms with Gasteiger partial charge in [-0.2, -0.15) is 10.2 Å². The van der Waals surface area contributed by atoms with Crippen molar-refractivity contribution in [2.45, 2.75) is 13.8 Å². The number of hydrogen-bond donors (Lipinski definition) is 0. The molecule has 4 rings (SSSR count). The monoisotopic (exact) mass is 544 g/mol. The van der Waals surface area contributed by atoms with Gasteiger partial charge in [-0.1, -0.05) is 0 Å². The number of carbonyl (C=O) groups excluding carboxylic acids is 2. The Hall–Kier alpha value is -4.80. The fourth-order valence-corrected chi connectivity index (χ4v) is 4.35. The van der Waals surface area contributed by atoms with E-state index in [0.717, 1.165) is 17.9 Å². The maximum Gasteiger partial charge on any atom is 0.409 e. The molecule has 1 heterocycles. The summed E-state index contributed by atoms with van der Waals surface area (Å²) in [6, 6.07) is 21.0. The van der Waals surface area contributed by atoms with Gasteiger partial charge < -0.3 is 19.4 Å². The maximum atomic E-state index is 12.6. The van der Waals surface area contributed by atoms with Crippen LogP contribution in [0.2, 0.25) is 0 Å². The van der Waals surface area contributed by atoms with Crippen molar-refractivity contribution in [3.05, 3.63) is 88.5 Å². The van der Waals surface area contributed by atoms with E-state index in [1.54, 1.807) is 24.0 Å². The molecule has 0 aliphatic carbocycles. The topological polar surface area (TPSA) is 121 Å². The Kier molecular flexibility index (Phi) is 9.39. The second-order valence-corrected chi connectivity index (χ2v) is 9.26. The van der Waals surface area contributed by atoms with Crippen molar-refractivity contribution < 1.29 is 19.2 Å². The van der Waals surface area contributed by atoms with Crippen LogP contribution in [0, 0.1) is 10.1 Å². The number of piperazine rings is 1. The Labute approximate surface area is 232 Å². The number of rotatable bonds is 10. The van der Waals surface area contributed by atoms with Gasteiger partial charge in [0.2, 0.25) is 0 Å². The number of likely N-dealkylation sites (N-methyl/N-ethyl adjacent to an activating group) is 1. The summed E-state index contributed by atoms with van der Waals surface area (Å²) in [7, 11) is 0. The first kappa shape index (κ1) is 28.2. The van der Waals surface area contributed by atoms with Crippen LogP contribution in [0.5, 0.6) is 0 Å². The molecule has 0 spiro atoms. The number of anilines is 2. The number of nitro benzene ring substituents is 1. The SMILES string of the molecule is CCN(CCOC(=O)N1CCN(c2ccc(C(C)=O)cc2)CC1)c1ccc(N=Nc2ccc([N+](=O)[O-])cc2)cc1. The van der Waals surface area contributed by atoms with E-state index in [1.807, 2.05) is 55.5 Å². The van der Waals surface area contributed by atoms with Crippen LogP contribution in [0.1, 0.15) is 24.2 Å². The average molecular weight is 545 g/mol. The lowest BCUT2D eigenvalue weighted by atomic mass is 10.1. The second-order valence-electron chi connectivity index (χ2n) is 9.26. The lowest BCUT2D eigenvalue weighted by Crippen LogP contribution is -2.49. The summed E-state index contributed by atoms with van der Waals surface area (Å²) in [6.07, 6.45) is -0.315.